The SMILES string of the molecule is C/C(=C1/Sc2ccccc2C1=NC(C)c1cccc(-c2ccc3c(c2)c2cc(-c4ccccc4)ccc2n3-c2ccccc2)c1)c1ccccc1. The highest BCUT2D eigenvalue weighted by Crippen LogP contribution is 2.45. The number of rotatable bonds is 6. The van der Waals surface area contributed by atoms with E-state index in [2.05, 4.69) is 194 Å². The van der Waals surface area contributed by atoms with Gasteiger partial charge in [0.2, 0.25) is 0 Å². The van der Waals surface area contributed by atoms with Gasteiger partial charge in [-0.2, -0.15) is 0 Å². The third kappa shape index (κ3) is 5.70. The van der Waals surface area contributed by atoms with E-state index in [0.29, 0.717) is 0 Å². The number of fused-ring (bicyclic) bond motifs is 4. The van der Waals surface area contributed by atoms with Gasteiger partial charge >= 0.3 is 0 Å². The van der Waals surface area contributed by atoms with Crippen molar-refractivity contribution in [1.82, 2.24) is 4.57 Å². The van der Waals surface area contributed by atoms with E-state index in [1.54, 1.807) is 0 Å². The molecule has 0 fully saturated rings. The number of aromatic nitrogens is 1. The first-order valence-electron chi connectivity index (χ1n) is 17.5. The van der Waals surface area contributed by atoms with E-state index in [1.165, 1.54) is 76.1 Å². The van der Waals surface area contributed by atoms with Crippen LogP contribution in [-0.2, 0) is 0 Å². The van der Waals surface area contributed by atoms with E-state index in [1.807, 2.05) is 11.8 Å². The summed E-state index contributed by atoms with van der Waals surface area (Å²) in [6.07, 6.45) is 0. The molecule has 1 unspecified atom stereocenters. The Hall–Kier alpha value is -5.90. The van der Waals surface area contributed by atoms with E-state index >= 15 is 0 Å². The predicted molar refractivity (Wildman–Crippen MR) is 218 cm³/mol. The molecule has 0 spiro atoms. The molecule has 1 atom stereocenters. The van der Waals surface area contributed by atoms with E-state index in [-0.39, 0.29) is 6.04 Å². The van der Waals surface area contributed by atoms with Crippen LogP contribution in [0.15, 0.2) is 191 Å². The molecule has 1 aliphatic rings. The highest BCUT2D eigenvalue weighted by molar-refractivity contribution is 8.05. The van der Waals surface area contributed by atoms with Crippen LogP contribution in [0.5, 0.6) is 0 Å². The van der Waals surface area contributed by atoms with Crippen molar-refractivity contribution in [2.75, 3.05) is 0 Å². The van der Waals surface area contributed by atoms with E-state index in [4.69, 9.17) is 4.99 Å². The zero-order chi connectivity index (χ0) is 34.3. The van der Waals surface area contributed by atoms with Crippen LogP contribution in [0.4, 0.5) is 0 Å². The van der Waals surface area contributed by atoms with Gasteiger partial charge in [0.25, 0.3) is 0 Å². The van der Waals surface area contributed by atoms with Crippen LogP contribution in [0.1, 0.15) is 36.6 Å². The van der Waals surface area contributed by atoms with Crippen LogP contribution in [-0.4, -0.2) is 10.3 Å². The van der Waals surface area contributed by atoms with Gasteiger partial charge in [0.15, 0.2) is 0 Å². The minimum atomic E-state index is -0.0255. The molecule has 0 saturated carbocycles. The second-order valence-electron chi connectivity index (χ2n) is 13.2. The Balaban J connectivity index is 1.14. The summed E-state index contributed by atoms with van der Waals surface area (Å²) in [6.45, 7) is 4.44. The Labute approximate surface area is 303 Å². The average Bonchev–Trinajstić information content (AvgIpc) is 3.73. The summed E-state index contributed by atoms with van der Waals surface area (Å²) >= 11 is 1.83. The standard InChI is InChI=1S/C48H36N2S/c1-32(34-15-6-3-7-16-34)48-47(41-23-12-13-24-46(41)51-48)49-33(2)36-19-14-20-37(29-36)39-26-28-45-43(31-39)42-30-38(35-17-8-4-9-18-35)25-27-44(42)50(45)40-21-10-5-11-22-40/h3-31,33H,1-2H3/b48-32-,49-47?. The van der Waals surface area contributed by atoms with Crippen LogP contribution in [0.2, 0.25) is 0 Å². The Morgan fingerprint density at radius 3 is 1.82 bits per heavy atom. The minimum absolute atomic E-state index is 0.0255. The van der Waals surface area contributed by atoms with E-state index in [9.17, 15) is 0 Å². The van der Waals surface area contributed by atoms with Gasteiger partial charge in [0, 0.05) is 31.8 Å². The summed E-state index contributed by atoms with van der Waals surface area (Å²) in [4.78, 5) is 7.95. The maximum Gasteiger partial charge on any atom is 0.0807 e. The molecule has 0 saturated heterocycles. The highest BCUT2D eigenvalue weighted by Gasteiger charge is 2.27. The summed E-state index contributed by atoms with van der Waals surface area (Å²) in [7, 11) is 0. The van der Waals surface area contributed by atoms with Crippen molar-refractivity contribution in [3.8, 4) is 27.9 Å². The number of para-hydroxylation sites is 1. The van der Waals surface area contributed by atoms with Crippen LogP contribution in [0.3, 0.4) is 0 Å². The van der Waals surface area contributed by atoms with Gasteiger partial charge in [-0.1, -0.05) is 139 Å². The molecule has 1 aromatic heterocycles. The molecule has 9 rings (SSSR count). The second kappa shape index (κ2) is 13.1. The highest BCUT2D eigenvalue weighted by atomic mass is 32.2. The maximum atomic E-state index is 5.45. The fraction of sp³-hybridized carbons (Fsp3) is 0.0625. The Morgan fingerprint density at radius 2 is 1.12 bits per heavy atom. The number of benzene rings is 7. The van der Waals surface area contributed by atoms with E-state index < -0.39 is 0 Å². The molecule has 0 amide bonds. The Morgan fingerprint density at radius 1 is 0.549 bits per heavy atom. The zero-order valence-electron chi connectivity index (χ0n) is 28.6. The molecular weight excluding hydrogens is 637 g/mol. The molecule has 0 radical (unpaired) electrons. The number of allylic oxidation sites excluding steroid dienone is 2. The summed E-state index contributed by atoms with van der Waals surface area (Å²) in [6, 6.07) is 63.3. The summed E-state index contributed by atoms with van der Waals surface area (Å²) < 4.78 is 2.39. The Kier molecular flexibility index (Phi) is 7.99. The summed E-state index contributed by atoms with van der Waals surface area (Å²) in [5.41, 5.74) is 14.4. The molecule has 2 heterocycles. The van der Waals surface area contributed by atoms with Crippen molar-refractivity contribution in [2.45, 2.75) is 24.8 Å². The lowest BCUT2D eigenvalue weighted by Crippen LogP contribution is -2.03. The molecule has 1 aliphatic heterocycles. The van der Waals surface area contributed by atoms with Crippen molar-refractivity contribution in [3.05, 3.63) is 198 Å². The van der Waals surface area contributed by atoms with Crippen molar-refractivity contribution in [2.24, 2.45) is 4.99 Å². The smallest absolute Gasteiger partial charge is 0.0807 e. The van der Waals surface area contributed by atoms with Crippen LogP contribution in [0.25, 0.3) is 55.3 Å². The quantitative estimate of drug-likeness (QED) is 0.172. The van der Waals surface area contributed by atoms with Crippen molar-refractivity contribution >= 4 is 44.9 Å². The van der Waals surface area contributed by atoms with Crippen molar-refractivity contribution < 1.29 is 0 Å². The van der Waals surface area contributed by atoms with Gasteiger partial charge in [-0.05, 0) is 101 Å². The first-order chi connectivity index (χ1) is 25.1. The topological polar surface area (TPSA) is 17.3 Å². The molecule has 3 heteroatoms. The molecule has 0 aliphatic carbocycles. The number of hydrogen-bond donors (Lipinski definition) is 0. The average molecular weight is 673 g/mol. The van der Waals surface area contributed by atoms with Gasteiger partial charge in [-0.15, -0.1) is 0 Å². The summed E-state index contributed by atoms with van der Waals surface area (Å²) in [5.74, 6) is 0. The minimum Gasteiger partial charge on any atom is -0.309 e. The molecule has 244 valence electrons. The number of aliphatic imine (C=N–C) groups is 1. The van der Waals surface area contributed by atoms with Crippen LogP contribution in [0, 0.1) is 0 Å². The molecule has 7 aromatic carbocycles. The fourth-order valence-electron chi connectivity index (χ4n) is 7.35. The third-order valence-corrected chi connectivity index (χ3v) is 11.3. The van der Waals surface area contributed by atoms with Gasteiger partial charge in [0.1, 0.15) is 0 Å². The number of thioether (sulfide) groups is 1. The monoisotopic (exact) mass is 672 g/mol. The second-order valence-corrected chi connectivity index (χ2v) is 14.3. The number of nitrogens with zero attached hydrogens (tertiary/aromatic N) is 2. The maximum absolute atomic E-state index is 5.45. The predicted octanol–water partition coefficient (Wildman–Crippen LogP) is 13.2. The van der Waals surface area contributed by atoms with Crippen LogP contribution >= 0.6 is 11.8 Å². The van der Waals surface area contributed by atoms with Crippen molar-refractivity contribution in [3.63, 3.8) is 0 Å². The molecule has 2 nitrogen and oxygen atoms in total. The third-order valence-electron chi connectivity index (χ3n) is 10.0. The largest absolute Gasteiger partial charge is 0.309 e. The van der Waals surface area contributed by atoms with Gasteiger partial charge in [-0.25, -0.2) is 0 Å². The lowest BCUT2D eigenvalue weighted by atomic mass is 9.97. The lowest BCUT2D eigenvalue weighted by Gasteiger charge is -2.13. The van der Waals surface area contributed by atoms with Gasteiger partial charge in [0.05, 0.1) is 22.8 Å². The first kappa shape index (κ1) is 31.1. The molecule has 51 heavy (non-hydrogen) atoms. The number of hydrogen-bond acceptors (Lipinski definition) is 2. The normalized spacial score (nSPS) is 15.0. The fourth-order valence-corrected chi connectivity index (χ4v) is 8.52. The Bertz CT molecular complexity index is 2610. The summed E-state index contributed by atoms with van der Waals surface area (Å²) in [5, 5.41) is 2.49. The lowest BCUT2D eigenvalue weighted by molar-refractivity contribution is 0.821. The molecule has 8 aromatic rings. The van der Waals surface area contributed by atoms with Gasteiger partial charge < -0.3 is 4.57 Å². The molecule has 0 N–H and O–H groups in total. The zero-order valence-corrected chi connectivity index (χ0v) is 29.4. The van der Waals surface area contributed by atoms with Crippen LogP contribution < -0.4 is 0 Å². The first-order valence-corrected chi connectivity index (χ1v) is 18.4. The van der Waals surface area contributed by atoms with Crippen molar-refractivity contribution in [1.29, 1.82) is 0 Å². The molecule has 0 bridgehead atoms. The van der Waals surface area contributed by atoms with Gasteiger partial charge in [-0.3, -0.25) is 4.99 Å². The van der Waals surface area contributed by atoms with E-state index in [0.717, 1.165) is 11.4 Å². The molecular formula is C48H36N2S.